The maximum Gasteiger partial charge on any atom is 0.427 e. The van der Waals surface area contributed by atoms with Gasteiger partial charge in [-0.2, -0.15) is 30.6 Å². The number of hydrogen-bond acceptors (Lipinski definition) is 24. The molecular weight excluding hydrogens is 1390 g/mol. The lowest BCUT2D eigenvalue weighted by atomic mass is 9.87. The number of carbonyl (C=O) groups excluding carboxylic acids is 6. The Labute approximate surface area is 626 Å². The normalized spacial score (nSPS) is 11.8. The van der Waals surface area contributed by atoms with Crippen LogP contribution in [-0.2, 0) is 68.1 Å². The van der Waals surface area contributed by atoms with Crippen LogP contribution in [0.4, 0.5) is 28.8 Å². The van der Waals surface area contributed by atoms with Crippen molar-refractivity contribution in [2.75, 3.05) is 39.6 Å². The number of benzene rings is 7. The van der Waals surface area contributed by atoms with E-state index >= 15 is 0 Å². The molecular formula is C78H90N12O18. The number of rotatable bonds is 36. The Kier molecular flexibility index (Phi) is 33.0. The van der Waals surface area contributed by atoms with Gasteiger partial charge < -0.3 is 56.8 Å². The molecule has 108 heavy (non-hydrogen) atoms. The Bertz CT molecular complexity index is 3620. The third-order valence-corrected chi connectivity index (χ3v) is 15.7. The highest BCUT2D eigenvalue weighted by molar-refractivity contribution is 6.02. The summed E-state index contributed by atoms with van der Waals surface area (Å²) in [7, 11) is 0. The fourth-order valence-corrected chi connectivity index (χ4v) is 9.97. The van der Waals surface area contributed by atoms with Gasteiger partial charge in [-0.1, -0.05) is 0 Å². The lowest BCUT2D eigenvalue weighted by Gasteiger charge is -2.28. The summed E-state index contributed by atoms with van der Waals surface area (Å²) in [5.41, 5.74) is 25.0. The minimum absolute atomic E-state index is 0.132. The number of hydrazone groups is 6. The molecule has 30 nitrogen and oxygen atoms in total. The van der Waals surface area contributed by atoms with E-state index in [2.05, 4.69) is 63.2 Å². The van der Waals surface area contributed by atoms with E-state index < -0.39 is 36.6 Å². The summed E-state index contributed by atoms with van der Waals surface area (Å²) in [6.45, 7) is 20.8. The zero-order valence-electron chi connectivity index (χ0n) is 62.4. The molecule has 0 aliphatic rings. The van der Waals surface area contributed by atoms with Crippen LogP contribution in [0.3, 0.4) is 0 Å². The van der Waals surface area contributed by atoms with Crippen LogP contribution in [0.2, 0.25) is 0 Å². The molecule has 0 saturated carbocycles. The average Bonchev–Trinajstić information content (AvgIpc) is 0.761. The van der Waals surface area contributed by atoms with Crippen molar-refractivity contribution < 1.29 is 85.6 Å². The SMILES string of the molecule is CCOC(=O)N/N=C(/C)c1ccc(OCc2c(COc3ccc(/C(C)=N\NC(=O)OCC)cc3)c(COc3ccc(/C(C)=N/NC(=O)OCC)cc3)c(COc3ccc(/C(C)=N/NC(=O)OCC)cc3)c(COc3ccc(/C(C)=N/NC(=O)OCC)cc3)c2COc2ccc(/C(C)=N/NC(=O)OCC)cc2)cc1. The molecule has 0 spiro atoms. The number of amides is 6. The Hall–Kier alpha value is -13.0. The van der Waals surface area contributed by atoms with E-state index in [0.29, 0.717) is 136 Å². The lowest BCUT2D eigenvalue weighted by Crippen LogP contribution is -2.21. The van der Waals surface area contributed by atoms with Crippen molar-refractivity contribution >= 4 is 70.8 Å². The van der Waals surface area contributed by atoms with E-state index in [1.165, 1.54) is 0 Å². The van der Waals surface area contributed by atoms with E-state index in [0.717, 1.165) is 0 Å². The summed E-state index contributed by atoms with van der Waals surface area (Å²) >= 11 is 0. The van der Waals surface area contributed by atoms with Crippen LogP contribution >= 0.6 is 0 Å². The molecule has 0 fully saturated rings. The first kappa shape index (κ1) is 82.3. The molecule has 6 amide bonds. The van der Waals surface area contributed by atoms with E-state index in [4.69, 9.17) is 56.8 Å². The maximum absolute atomic E-state index is 12.2. The zero-order valence-corrected chi connectivity index (χ0v) is 62.4. The molecule has 7 rings (SSSR count). The number of nitrogens with one attached hydrogen (secondary N) is 6. The van der Waals surface area contributed by atoms with E-state index in [-0.39, 0.29) is 79.3 Å². The molecule has 6 N–H and O–H groups in total. The first-order valence-electron chi connectivity index (χ1n) is 34.6. The highest BCUT2D eigenvalue weighted by atomic mass is 16.6. The van der Waals surface area contributed by atoms with Crippen molar-refractivity contribution in [3.63, 3.8) is 0 Å². The van der Waals surface area contributed by atoms with Crippen LogP contribution in [0, 0.1) is 0 Å². The number of carbonyl (C=O) groups is 6. The smallest absolute Gasteiger partial charge is 0.427 e. The first-order chi connectivity index (χ1) is 52.2. The standard InChI is InChI=1S/C78H90N12O18/c1-13-97-73(91)85-79-49(7)55-19-31-61(32-20-55)103-43-67-68(44-104-62-33-21-56(22-34-62)50(8)80-86-74(92)98-14-2)70(46-106-64-37-25-58(26-38-64)52(10)82-88-76(94)100-16-4)72(48-108-66-41-29-60(30-42-66)54(12)84-90-78(96)102-18-6)71(47-107-65-39-27-59(28-40-65)53(11)83-89-77(95)101-17-5)69(67)45-105-63-35-23-57(24-36-63)51(9)81-87-75(93)99-15-3/h19-42H,13-18,43-48H2,1-12H3,(H,85,91)(H,86,92)(H,87,93)(H,88,94)(H,89,95)(H,90,96)/b79-49-,80-50-,81-51+,82-52+,83-53+,84-54+. The average molecular weight is 1480 g/mol. The van der Waals surface area contributed by atoms with Crippen LogP contribution in [0.5, 0.6) is 34.5 Å². The second-order valence-corrected chi connectivity index (χ2v) is 22.9. The van der Waals surface area contributed by atoms with Crippen LogP contribution in [0.1, 0.15) is 150 Å². The van der Waals surface area contributed by atoms with Crippen LogP contribution in [-0.4, -0.2) is 110 Å². The maximum atomic E-state index is 12.2. The number of hydrogen-bond donors (Lipinski definition) is 6. The van der Waals surface area contributed by atoms with Gasteiger partial charge in [0.1, 0.15) is 74.1 Å². The van der Waals surface area contributed by atoms with E-state index in [1.54, 1.807) is 229 Å². The molecule has 0 aromatic heterocycles. The summed E-state index contributed by atoms with van der Waals surface area (Å²) in [6, 6.07) is 42.8. The topological polar surface area (TPSA) is 360 Å². The molecule has 0 aliphatic carbocycles. The lowest BCUT2D eigenvalue weighted by molar-refractivity contribution is 0.151. The zero-order chi connectivity index (χ0) is 77.7. The fourth-order valence-electron chi connectivity index (χ4n) is 9.97. The van der Waals surface area contributed by atoms with Crippen LogP contribution in [0.25, 0.3) is 0 Å². The van der Waals surface area contributed by atoms with Crippen LogP contribution < -0.4 is 61.0 Å². The van der Waals surface area contributed by atoms with Gasteiger partial charge in [0.2, 0.25) is 0 Å². The second-order valence-electron chi connectivity index (χ2n) is 22.9. The predicted molar refractivity (Wildman–Crippen MR) is 405 cm³/mol. The predicted octanol–water partition coefficient (Wildman–Crippen LogP) is 14.0. The summed E-state index contributed by atoms with van der Waals surface area (Å²) < 4.78 is 71.4. The molecule has 0 bridgehead atoms. The van der Waals surface area contributed by atoms with E-state index in [1.807, 2.05) is 0 Å². The van der Waals surface area contributed by atoms with Gasteiger partial charge in [0.25, 0.3) is 0 Å². The van der Waals surface area contributed by atoms with E-state index in [9.17, 15) is 28.8 Å². The molecule has 0 saturated heterocycles. The molecule has 0 unspecified atom stereocenters. The molecule has 0 aliphatic heterocycles. The summed E-state index contributed by atoms with van der Waals surface area (Å²) in [4.78, 5) is 73.3. The quantitative estimate of drug-likeness (QED) is 0.0121. The Balaban J connectivity index is 1.48. The van der Waals surface area contributed by atoms with Crippen molar-refractivity contribution in [2.24, 2.45) is 30.6 Å². The van der Waals surface area contributed by atoms with Gasteiger partial charge >= 0.3 is 36.6 Å². The Morgan fingerprint density at radius 2 is 0.343 bits per heavy atom. The fraction of sp³-hybridized carbons (Fsp3) is 0.308. The Morgan fingerprint density at radius 1 is 0.222 bits per heavy atom. The van der Waals surface area contributed by atoms with Crippen molar-refractivity contribution in [3.8, 4) is 34.5 Å². The van der Waals surface area contributed by atoms with Gasteiger partial charge in [0.05, 0.1) is 73.9 Å². The van der Waals surface area contributed by atoms with Crippen molar-refractivity contribution in [1.29, 1.82) is 0 Å². The third-order valence-electron chi connectivity index (χ3n) is 15.7. The third kappa shape index (κ3) is 26.3. The monoisotopic (exact) mass is 1480 g/mol. The highest BCUT2D eigenvalue weighted by Gasteiger charge is 2.28. The molecule has 7 aromatic carbocycles. The number of ether oxygens (including phenoxy) is 12. The Morgan fingerprint density at radius 3 is 0.454 bits per heavy atom. The van der Waals surface area contributed by atoms with Gasteiger partial charge in [0, 0.05) is 33.4 Å². The van der Waals surface area contributed by atoms with Gasteiger partial charge in [-0.15, -0.1) is 0 Å². The summed E-state index contributed by atoms with van der Waals surface area (Å²) in [5.74, 6) is 2.64. The second kappa shape index (κ2) is 43.3. The summed E-state index contributed by atoms with van der Waals surface area (Å²) in [5, 5.41) is 25.3. The molecule has 0 heterocycles. The van der Waals surface area contributed by atoms with Crippen molar-refractivity contribution in [2.45, 2.75) is 123 Å². The van der Waals surface area contributed by atoms with Gasteiger partial charge in [-0.05, 0) is 262 Å². The largest absolute Gasteiger partial charge is 0.489 e. The minimum Gasteiger partial charge on any atom is -0.489 e. The highest BCUT2D eigenvalue weighted by Crippen LogP contribution is 2.36. The molecule has 30 heteroatoms. The summed E-state index contributed by atoms with van der Waals surface area (Å²) in [6.07, 6.45) is -4.22. The first-order valence-corrected chi connectivity index (χ1v) is 34.6. The van der Waals surface area contributed by atoms with Gasteiger partial charge in [-0.25, -0.2) is 61.3 Å². The van der Waals surface area contributed by atoms with Gasteiger partial charge in [0.15, 0.2) is 0 Å². The van der Waals surface area contributed by atoms with Gasteiger partial charge in [-0.3, -0.25) is 0 Å². The molecule has 0 radical (unpaired) electrons. The van der Waals surface area contributed by atoms with Crippen LogP contribution in [0.15, 0.2) is 176 Å². The van der Waals surface area contributed by atoms with Crippen molar-refractivity contribution in [1.82, 2.24) is 32.6 Å². The minimum atomic E-state index is -0.703. The molecule has 0 atom stereocenters. The number of nitrogens with zero attached hydrogens (tertiary/aromatic N) is 6. The molecule has 570 valence electrons. The molecule has 7 aromatic rings. The van der Waals surface area contributed by atoms with Crippen molar-refractivity contribution in [3.05, 3.63) is 212 Å².